The number of hydrogen-bond donors (Lipinski definition) is 0. The minimum atomic E-state index is -0.386. The van der Waals surface area contributed by atoms with E-state index in [1.165, 1.54) is 18.1 Å². The van der Waals surface area contributed by atoms with Crippen molar-refractivity contribution >= 4 is 50.9 Å². The molecular formula is C16H13ClN2O2S2. The maximum atomic E-state index is 12.1. The molecule has 0 N–H and O–H groups in total. The summed E-state index contributed by atoms with van der Waals surface area (Å²) in [5.74, 6) is -0.110. The van der Waals surface area contributed by atoms with Gasteiger partial charge in [0.05, 0.1) is 5.75 Å². The van der Waals surface area contributed by atoms with Crippen LogP contribution in [0.4, 0.5) is 0 Å². The fraction of sp³-hybridized carbons (Fsp3) is 0.188. The van der Waals surface area contributed by atoms with Crippen LogP contribution in [0.5, 0.6) is 0 Å². The standard InChI is InChI=1S/C16H13ClN2O2S2/c1-10(11-4-2-3-5-13(11)17)21-14(20)8-23-16-12-6-7-22-15(12)18-9-19-16/h2-7,9-10H,8H2,1H3/t10-/m0/s1. The zero-order valence-corrected chi connectivity index (χ0v) is 14.6. The van der Waals surface area contributed by atoms with Crippen LogP contribution >= 0.6 is 34.7 Å². The van der Waals surface area contributed by atoms with Crippen molar-refractivity contribution in [3.63, 3.8) is 0 Å². The average Bonchev–Trinajstić information content (AvgIpc) is 3.02. The topological polar surface area (TPSA) is 52.1 Å². The van der Waals surface area contributed by atoms with E-state index < -0.39 is 0 Å². The Bertz CT molecular complexity index is 838. The van der Waals surface area contributed by atoms with Gasteiger partial charge in [-0.3, -0.25) is 4.79 Å². The molecule has 0 aliphatic heterocycles. The first-order valence-corrected chi connectivity index (χ1v) is 9.14. The quantitative estimate of drug-likeness (QED) is 0.372. The van der Waals surface area contributed by atoms with Crippen LogP contribution in [0.3, 0.4) is 0 Å². The molecule has 0 saturated carbocycles. The summed E-state index contributed by atoms with van der Waals surface area (Å²) < 4.78 is 5.45. The molecule has 0 aliphatic carbocycles. The molecule has 0 bridgehead atoms. The van der Waals surface area contributed by atoms with Gasteiger partial charge in [0.25, 0.3) is 0 Å². The highest BCUT2D eigenvalue weighted by atomic mass is 35.5. The predicted octanol–water partition coefficient (Wildman–Crippen LogP) is 4.74. The lowest BCUT2D eigenvalue weighted by atomic mass is 10.1. The summed E-state index contributed by atoms with van der Waals surface area (Å²) in [6, 6.07) is 9.31. The molecule has 3 rings (SSSR count). The van der Waals surface area contributed by atoms with Gasteiger partial charge in [-0.05, 0) is 24.4 Å². The van der Waals surface area contributed by atoms with Gasteiger partial charge in [0.15, 0.2) is 0 Å². The highest BCUT2D eigenvalue weighted by Gasteiger charge is 2.15. The Balaban J connectivity index is 1.62. The van der Waals surface area contributed by atoms with E-state index in [4.69, 9.17) is 16.3 Å². The highest BCUT2D eigenvalue weighted by molar-refractivity contribution is 8.00. The van der Waals surface area contributed by atoms with Crippen LogP contribution in [0.1, 0.15) is 18.6 Å². The Morgan fingerprint density at radius 1 is 1.35 bits per heavy atom. The molecule has 118 valence electrons. The number of esters is 1. The normalized spacial score (nSPS) is 12.3. The Kier molecular flexibility index (Phi) is 5.15. The van der Waals surface area contributed by atoms with Gasteiger partial charge in [0, 0.05) is 16.0 Å². The third-order valence-electron chi connectivity index (χ3n) is 3.20. The van der Waals surface area contributed by atoms with Gasteiger partial charge in [-0.2, -0.15) is 0 Å². The summed E-state index contributed by atoms with van der Waals surface area (Å²) in [5, 5.41) is 4.31. The first-order chi connectivity index (χ1) is 11.1. The van der Waals surface area contributed by atoms with Gasteiger partial charge >= 0.3 is 5.97 Å². The number of halogens is 1. The lowest BCUT2D eigenvalue weighted by Gasteiger charge is -2.14. The third kappa shape index (κ3) is 3.83. The van der Waals surface area contributed by atoms with Crippen molar-refractivity contribution in [1.29, 1.82) is 0 Å². The zero-order valence-electron chi connectivity index (χ0n) is 12.2. The molecule has 0 amide bonds. The lowest BCUT2D eigenvalue weighted by Crippen LogP contribution is -2.11. The van der Waals surface area contributed by atoms with Gasteiger partial charge in [-0.15, -0.1) is 11.3 Å². The molecule has 0 fully saturated rings. The molecule has 4 nitrogen and oxygen atoms in total. The van der Waals surface area contributed by atoms with Crippen LogP contribution in [-0.4, -0.2) is 21.7 Å². The number of benzene rings is 1. The van der Waals surface area contributed by atoms with Crippen LogP contribution in [0.15, 0.2) is 47.1 Å². The second-order valence-corrected chi connectivity index (χ2v) is 7.03. The maximum Gasteiger partial charge on any atom is 0.316 e. The molecule has 0 spiro atoms. The van der Waals surface area contributed by atoms with E-state index in [2.05, 4.69) is 9.97 Å². The Morgan fingerprint density at radius 2 is 2.17 bits per heavy atom. The molecule has 3 aromatic rings. The maximum absolute atomic E-state index is 12.1. The molecule has 1 atom stereocenters. The van der Waals surface area contributed by atoms with Crippen molar-refractivity contribution in [2.75, 3.05) is 5.75 Å². The first-order valence-electron chi connectivity index (χ1n) is 6.90. The number of thiophene rings is 1. The number of ether oxygens (including phenoxy) is 1. The van der Waals surface area contributed by atoms with Gasteiger partial charge < -0.3 is 4.74 Å². The molecule has 0 unspecified atom stereocenters. The minimum absolute atomic E-state index is 0.191. The molecule has 0 radical (unpaired) electrons. The number of nitrogens with zero attached hydrogens (tertiary/aromatic N) is 2. The summed E-state index contributed by atoms with van der Waals surface area (Å²) in [6.45, 7) is 1.81. The molecule has 1 aromatic carbocycles. The van der Waals surface area contributed by atoms with Crippen LogP contribution in [0, 0.1) is 0 Å². The monoisotopic (exact) mass is 364 g/mol. The Labute approximate surface area is 146 Å². The van der Waals surface area contributed by atoms with Crippen LogP contribution in [0.2, 0.25) is 5.02 Å². The predicted molar refractivity (Wildman–Crippen MR) is 94.1 cm³/mol. The van der Waals surface area contributed by atoms with Gasteiger partial charge in [0.2, 0.25) is 0 Å². The average molecular weight is 365 g/mol. The highest BCUT2D eigenvalue weighted by Crippen LogP contribution is 2.29. The van der Waals surface area contributed by atoms with E-state index in [1.807, 2.05) is 36.6 Å². The molecule has 0 aliphatic rings. The van der Waals surface area contributed by atoms with E-state index in [0.29, 0.717) is 5.02 Å². The van der Waals surface area contributed by atoms with Gasteiger partial charge in [0.1, 0.15) is 22.3 Å². The fourth-order valence-electron chi connectivity index (χ4n) is 2.11. The van der Waals surface area contributed by atoms with Crippen molar-refractivity contribution in [2.45, 2.75) is 18.1 Å². The summed E-state index contributed by atoms with van der Waals surface area (Å²) in [7, 11) is 0. The van der Waals surface area contributed by atoms with Gasteiger partial charge in [-0.25, -0.2) is 9.97 Å². The number of carbonyl (C=O) groups excluding carboxylic acids is 1. The van der Waals surface area contributed by atoms with E-state index in [9.17, 15) is 4.79 Å². The number of fused-ring (bicyclic) bond motifs is 1. The van der Waals surface area contributed by atoms with E-state index in [-0.39, 0.29) is 17.8 Å². The third-order valence-corrected chi connectivity index (χ3v) is 5.35. The van der Waals surface area contributed by atoms with Crippen molar-refractivity contribution < 1.29 is 9.53 Å². The fourth-order valence-corrected chi connectivity index (χ4v) is 3.96. The molecule has 23 heavy (non-hydrogen) atoms. The number of rotatable bonds is 5. The van der Waals surface area contributed by atoms with E-state index in [1.54, 1.807) is 17.4 Å². The second-order valence-electron chi connectivity index (χ2n) is 4.76. The molecule has 0 saturated heterocycles. The molecule has 7 heteroatoms. The lowest BCUT2D eigenvalue weighted by molar-refractivity contribution is -0.145. The van der Waals surface area contributed by atoms with Crippen molar-refractivity contribution in [3.05, 3.63) is 52.6 Å². The van der Waals surface area contributed by atoms with Crippen molar-refractivity contribution in [2.24, 2.45) is 0 Å². The first kappa shape index (κ1) is 16.2. The summed E-state index contributed by atoms with van der Waals surface area (Å²) in [6.07, 6.45) is 1.13. The number of carbonyl (C=O) groups is 1. The Hall–Kier alpha value is -1.63. The van der Waals surface area contributed by atoms with Crippen LogP contribution < -0.4 is 0 Å². The van der Waals surface area contributed by atoms with Crippen LogP contribution in [-0.2, 0) is 9.53 Å². The van der Waals surface area contributed by atoms with E-state index in [0.717, 1.165) is 20.8 Å². The SMILES string of the molecule is C[C@H](OC(=O)CSc1ncnc2sccc12)c1ccccc1Cl. The van der Waals surface area contributed by atoms with Crippen LogP contribution in [0.25, 0.3) is 10.2 Å². The minimum Gasteiger partial charge on any atom is -0.457 e. The number of thioether (sulfide) groups is 1. The molecule has 2 aromatic heterocycles. The summed E-state index contributed by atoms with van der Waals surface area (Å²) in [5.41, 5.74) is 0.801. The largest absolute Gasteiger partial charge is 0.457 e. The Morgan fingerprint density at radius 3 is 3.00 bits per heavy atom. The molecular weight excluding hydrogens is 352 g/mol. The second kappa shape index (κ2) is 7.29. The smallest absolute Gasteiger partial charge is 0.316 e. The number of hydrogen-bond acceptors (Lipinski definition) is 6. The number of aromatic nitrogens is 2. The van der Waals surface area contributed by atoms with E-state index >= 15 is 0 Å². The molecule has 2 heterocycles. The zero-order chi connectivity index (χ0) is 16.2. The van der Waals surface area contributed by atoms with Gasteiger partial charge in [-0.1, -0.05) is 41.6 Å². The van der Waals surface area contributed by atoms with Crippen molar-refractivity contribution in [1.82, 2.24) is 9.97 Å². The van der Waals surface area contributed by atoms with Crippen molar-refractivity contribution in [3.8, 4) is 0 Å². The summed E-state index contributed by atoms with van der Waals surface area (Å²) >= 11 is 9.02. The summed E-state index contributed by atoms with van der Waals surface area (Å²) in [4.78, 5) is 21.4.